The largest absolute Gasteiger partial charge is 0.392 e. The number of hydrogen-bond acceptors (Lipinski definition) is 7. The van der Waals surface area contributed by atoms with Crippen LogP contribution in [0.15, 0.2) is 53.6 Å². The molecule has 2 amide bonds. The van der Waals surface area contributed by atoms with E-state index in [1.54, 1.807) is 32.2 Å². The highest BCUT2D eigenvalue weighted by Crippen LogP contribution is 2.39. The Morgan fingerprint density at radius 1 is 1.05 bits per heavy atom. The predicted octanol–water partition coefficient (Wildman–Crippen LogP) is 4.13. The highest BCUT2D eigenvalue weighted by atomic mass is 32.1. The van der Waals surface area contributed by atoms with Crippen LogP contribution in [0.2, 0.25) is 0 Å². The van der Waals surface area contributed by atoms with E-state index in [2.05, 4.69) is 15.8 Å². The molecule has 1 aliphatic carbocycles. The molecule has 2 unspecified atom stereocenters. The van der Waals surface area contributed by atoms with Gasteiger partial charge >= 0.3 is 0 Å². The van der Waals surface area contributed by atoms with E-state index in [4.69, 9.17) is 0 Å². The van der Waals surface area contributed by atoms with Crippen LogP contribution in [0, 0.1) is 6.92 Å². The van der Waals surface area contributed by atoms with Gasteiger partial charge in [-0.25, -0.2) is 5.43 Å². The number of carbonyl (C=O) groups excluding carboxylic acids is 2. The molecule has 1 aliphatic rings. The van der Waals surface area contributed by atoms with Crippen molar-refractivity contribution < 1.29 is 19.8 Å². The summed E-state index contributed by atoms with van der Waals surface area (Å²) < 4.78 is 0. The van der Waals surface area contributed by atoms with E-state index in [9.17, 15) is 19.8 Å². The fraction of sp³-hybridized carbons (Fsp3) is 0.367. The third-order valence-electron chi connectivity index (χ3n) is 6.47. The Balaban J connectivity index is 1.48. The Hall–Kier alpha value is -3.37. The van der Waals surface area contributed by atoms with Gasteiger partial charge in [0.05, 0.1) is 24.0 Å². The summed E-state index contributed by atoms with van der Waals surface area (Å²) in [6.07, 6.45) is 3.19. The summed E-state index contributed by atoms with van der Waals surface area (Å²) in [6.45, 7) is 6.73. The van der Waals surface area contributed by atoms with Gasteiger partial charge in [0.2, 0.25) is 0 Å². The van der Waals surface area contributed by atoms with E-state index < -0.39 is 12.2 Å². The second-order valence-electron chi connectivity index (χ2n) is 10.2. The molecule has 206 valence electrons. The minimum absolute atomic E-state index is 0.299. The standard InChI is InChI=1S/C30H36N4O4S/c1-19-10-12-22(13-11-19)15-31-33-29(38)27-25-8-5-9-26(25)39-30(27)32-28(37)24-7-4-6-23(14-24)18-34(16-20(2)35)17-21(3)36/h4,6-7,10-15,20-21,35-36H,5,8-9,16-18H2,1-3H3,(H,32,37)(H,33,38)/b31-15+. The number of nitrogens with one attached hydrogen (secondary N) is 2. The molecule has 3 aromatic rings. The molecule has 4 N–H and O–H groups in total. The topological polar surface area (TPSA) is 114 Å². The van der Waals surface area contributed by atoms with Gasteiger partial charge in [-0.05, 0) is 68.9 Å². The maximum Gasteiger partial charge on any atom is 0.274 e. The van der Waals surface area contributed by atoms with E-state index in [1.807, 2.05) is 48.2 Å². The molecule has 0 saturated carbocycles. The van der Waals surface area contributed by atoms with Crippen LogP contribution in [0.3, 0.4) is 0 Å². The van der Waals surface area contributed by atoms with Gasteiger partial charge in [0.25, 0.3) is 11.8 Å². The van der Waals surface area contributed by atoms with Gasteiger partial charge in [-0.1, -0.05) is 42.0 Å². The molecular weight excluding hydrogens is 512 g/mol. The van der Waals surface area contributed by atoms with Gasteiger partial charge in [0.1, 0.15) is 5.00 Å². The molecule has 1 heterocycles. The van der Waals surface area contributed by atoms with E-state index in [1.165, 1.54) is 11.3 Å². The van der Waals surface area contributed by atoms with Gasteiger partial charge in [-0.2, -0.15) is 5.10 Å². The first-order valence-corrected chi connectivity index (χ1v) is 14.0. The minimum atomic E-state index is -0.540. The number of fused-ring (bicyclic) bond motifs is 1. The molecule has 4 rings (SSSR count). The molecule has 0 bridgehead atoms. The molecule has 0 saturated heterocycles. The number of carbonyl (C=O) groups is 2. The van der Waals surface area contributed by atoms with Crippen molar-refractivity contribution in [1.82, 2.24) is 10.3 Å². The summed E-state index contributed by atoms with van der Waals surface area (Å²) in [6, 6.07) is 15.1. The number of hydrogen-bond donors (Lipinski definition) is 4. The van der Waals surface area contributed by atoms with Crippen molar-refractivity contribution in [1.29, 1.82) is 0 Å². The van der Waals surface area contributed by atoms with Crippen LogP contribution in [-0.2, 0) is 19.4 Å². The number of aliphatic hydroxyl groups is 2. The van der Waals surface area contributed by atoms with Crippen molar-refractivity contribution in [3.05, 3.63) is 86.8 Å². The summed E-state index contributed by atoms with van der Waals surface area (Å²) in [5, 5.41) is 27.3. The SMILES string of the molecule is Cc1ccc(/C=N/NC(=O)c2c(NC(=O)c3cccc(CN(CC(C)O)CC(C)O)c3)sc3c2CCC3)cc1. The van der Waals surface area contributed by atoms with E-state index in [0.717, 1.165) is 46.4 Å². The first-order valence-electron chi connectivity index (χ1n) is 13.2. The van der Waals surface area contributed by atoms with Crippen molar-refractivity contribution in [3.63, 3.8) is 0 Å². The predicted molar refractivity (Wildman–Crippen MR) is 156 cm³/mol. The molecule has 0 spiro atoms. The lowest BCUT2D eigenvalue weighted by molar-refractivity contribution is 0.0793. The second kappa shape index (κ2) is 13.1. The van der Waals surface area contributed by atoms with Crippen molar-refractivity contribution in [2.24, 2.45) is 5.10 Å². The number of nitrogens with zero attached hydrogens (tertiary/aromatic N) is 2. The van der Waals surface area contributed by atoms with Crippen LogP contribution < -0.4 is 10.7 Å². The number of aryl methyl sites for hydroxylation is 2. The number of thiophene rings is 1. The van der Waals surface area contributed by atoms with Gasteiger partial charge in [0, 0.05) is 30.1 Å². The lowest BCUT2D eigenvalue weighted by atomic mass is 10.1. The maximum atomic E-state index is 13.3. The van der Waals surface area contributed by atoms with E-state index >= 15 is 0 Å². The first-order chi connectivity index (χ1) is 18.7. The van der Waals surface area contributed by atoms with Gasteiger partial charge in [-0.15, -0.1) is 11.3 Å². The van der Waals surface area contributed by atoms with Crippen molar-refractivity contribution in [2.45, 2.75) is 58.8 Å². The van der Waals surface area contributed by atoms with Crippen LogP contribution in [0.25, 0.3) is 0 Å². The van der Waals surface area contributed by atoms with Crippen molar-refractivity contribution in [3.8, 4) is 0 Å². The number of rotatable bonds is 11. The van der Waals surface area contributed by atoms with Crippen LogP contribution in [-0.4, -0.2) is 58.4 Å². The van der Waals surface area contributed by atoms with Gasteiger partial charge in [0.15, 0.2) is 0 Å². The quantitative estimate of drug-likeness (QED) is 0.213. The number of benzene rings is 2. The molecule has 8 nitrogen and oxygen atoms in total. The summed E-state index contributed by atoms with van der Waals surface area (Å²) in [5.41, 5.74) is 7.49. The second-order valence-corrected chi connectivity index (χ2v) is 11.3. The Bertz CT molecular complexity index is 1320. The molecule has 39 heavy (non-hydrogen) atoms. The number of anilines is 1. The van der Waals surface area contributed by atoms with Gasteiger partial charge in [-0.3, -0.25) is 14.5 Å². The zero-order chi connectivity index (χ0) is 27.9. The molecule has 9 heteroatoms. The Morgan fingerprint density at radius 3 is 2.46 bits per heavy atom. The Morgan fingerprint density at radius 2 is 1.77 bits per heavy atom. The van der Waals surface area contributed by atoms with E-state index in [-0.39, 0.29) is 11.8 Å². The molecule has 0 fully saturated rings. The number of aliphatic hydroxyl groups excluding tert-OH is 2. The molecule has 2 aromatic carbocycles. The highest BCUT2D eigenvalue weighted by molar-refractivity contribution is 7.17. The van der Waals surface area contributed by atoms with Crippen molar-refractivity contribution >= 4 is 34.4 Å². The van der Waals surface area contributed by atoms with Crippen LogP contribution in [0.1, 0.15) is 68.1 Å². The Labute approximate surface area is 233 Å². The molecule has 1 aromatic heterocycles. The number of hydrazone groups is 1. The molecule has 0 radical (unpaired) electrons. The zero-order valence-corrected chi connectivity index (χ0v) is 23.4. The fourth-order valence-electron chi connectivity index (χ4n) is 4.80. The van der Waals surface area contributed by atoms with Gasteiger partial charge < -0.3 is 15.5 Å². The minimum Gasteiger partial charge on any atom is -0.392 e. The molecule has 2 atom stereocenters. The highest BCUT2D eigenvalue weighted by Gasteiger charge is 2.27. The van der Waals surface area contributed by atoms with Crippen LogP contribution in [0.4, 0.5) is 5.00 Å². The van der Waals surface area contributed by atoms with E-state index in [0.29, 0.717) is 35.8 Å². The van der Waals surface area contributed by atoms with Crippen molar-refractivity contribution in [2.75, 3.05) is 18.4 Å². The normalized spacial score (nSPS) is 14.4. The lowest BCUT2D eigenvalue weighted by Gasteiger charge is -2.25. The fourth-order valence-corrected chi connectivity index (χ4v) is 6.08. The molecule has 0 aliphatic heterocycles. The van der Waals surface area contributed by atoms with Crippen LogP contribution in [0.5, 0.6) is 0 Å². The maximum absolute atomic E-state index is 13.3. The average molecular weight is 549 g/mol. The zero-order valence-electron chi connectivity index (χ0n) is 22.6. The smallest absolute Gasteiger partial charge is 0.274 e. The van der Waals surface area contributed by atoms with Crippen LogP contribution >= 0.6 is 11.3 Å². The summed E-state index contributed by atoms with van der Waals surface area (Å²) in [7, 11) is 0. The average Bonchev–Trinajstić information content (AvgIpc) is 3.45. The lowest BCUT2D eigenvalue weighted by Crippen LogP contribution is -2.35. The summed E-state index contributed by atoms with van der Waals surface area (Å²) >= 11 is 1.45. The molecular formula is C30H36N4O4S. The Kier molecular flexibility index (Phi) is 9.63. The number of amides is 2. The summed E-state index contributed by atoms with van der Waals surface area (Å²) in [4.78, 5) is 29.5. The third kappa shape index (κ3) is 7.83. The monoisotopic (exact) mass is 548 g/mol. The summed E-state index contributed by atoms with van der Waals surface area (Å²) in [5.74, 6) is -0.639. The third-order valence-corrected chi connectivity index (χ3v) is 7.68. The first kappa shape index (κ1) is 28.6.